The Kier molecular flexibility index (Phi) is 5.58. The highest BCUT2D eigenvalue weighted by Gasteiger charge is 2.27. The molecule has 0 N–H and O–H groups in total. The highest BCUT2D eigenvalue weighted by atomic mass is 19.4. The van der Waals surface area contributed by atoms with Crippen LogP contribution in [0, 0.1) is 18.6 Å². The first-order chi connectivity index (χ1) is 12.7. The molecule has 7 heteroatoms. The van der Waals surface area contributed by atoms with E-state index < -0.39 is 23.4 Å². The zero-order chi connectivity index (χ0) is 19.6. The molecule has 144 valence electrons. The van der Waals surface area contributed by atoms with Gasteiger partial charge in [-0.15, -0.1) is 0 Å². The van der Waals surface area contributed by atoms with Crippen molar-refractivity contribution in [2.24, 2.45) is 0 Å². The number of hydrogen-bond acceptors (Lipinski definition) is 2. The molecule has 0 atom stereocenters. The van der Waals surface area contributed by atoms with E-state index in [9.17, 15) is 22.0 Å². The van der Waals surface area contributed by atoms with Crippen molar-refractivity contribution < 1.29 is 22.0 Å². The molecule has 1 saturated carbocycles. The molecular formula is C20H19F5N2. The Morgan fingerprint density at radius 1 is 0.926 bits per heavy atom. The topological polar surface area (TPSA) is 25.8 Å². The monoisotopic (exact) mass is 382 g/mol. The molecule has 0 saturated heterocycles. The van der Waals surface area contributed by atoms with E-state index in [4.69, 9.17) is 0 Å². The molecule has 1 aliphatic rings. The summed E-state index contributed by atoms with van der Waals surface area (Å²) in [6.07, 6.45) is 2.23. The van der Waals surface area contributed by atoms with E-state index in [2.05, 4.69) is 9.97 Å². The van der Waals surface area contributed by atoms with Crippen LogP contribution in [0.3, 0.4) is 0 Å². The number of aromatic nitrogens is 2. The van der Waals surface area contributed by atoms with E-state index in [0.717, 1.165) is 49.2 Å². The van der Waals surface area contributed by atoms with Crippen LogP contribution in [0.1, 0.15) is 60.0 Å². The minimum Gasteiger partial charge on any atom is -0.241 e. The summed E-state index contributed by atoms with van der Waals surface area (Å²) in [7, 11) is 0. The molecule has 3 rings (SSSR count). The van der Waals surface area contributed by atoms with E-state index >= 15 is 0 Å². The SMILES string of the molecule is Cc1cnc(C2CCC(c3cc(F)c(/C=C/C(F)(F)F)c(F)c3)CC2)nc1. The van der Waals surface area contributed by atoms with Crippen molar-refractivity contribution in [2.75, 3.05) is 0 Å². The molecule has 0 aliphatic heterocycles. The fraction of sp³-hybridized carbons (Fsp3) is 0.400. The minimum absolute atomic E-state index is 0.0312. The number of benzene rings is 1. The second-order valence-electron chi connectivity index (χ2n) is 6.94. The van der Waals surface area contributed by atoms with E-state index in [0.29, 0.717) is 11.6 Å². The minimum atomic E-state index is -4.62. The van der Waals surface area contributed by atoms with Crippen molar-refractivity contribution in [1.82, 2.24) is 9.97 Å². The molecule has 2 nitrogen and oxygen atoms in total. The fourth-order valence-corrected chi connectivity index (χ4v) is 3.47. The quantitative estimate of drug-likeness (QED) is 0.601. The van der Waals surface area contributed by atoms with Crippen molar-refractivity contribution in [1.29, 1.82) is 0 Å². The molecule has 0 bridgehead atoms. The summed E-state index contributed by atoms with van der Waals surface area (Å²) in [5.41, 5.74) is 0.799. The van der Waals surface area contributed by atoms with Crippen LogP contribution in [-0.4, -0.2) is 16.1 Å². The van der Waals surface area contributed by atoms with Gasteiger partial charge in [0.2, 0.25) is 0 Å². The predicted molar refractivity (Wildman–Crippen MR) is 92.2 cm³/mol. The highest BCUT2D eigenvalue weighted by molar-refractivity contribution is 5.52. The lowest BCUT2D eigenvalue weighted by atomic mass is 9.78. The van der Waals surface area contributed by atoms with Crippen molar-refractivity contribution in [3.8, 4) is 0 Å². The van der Waals surface area contributed by atoms with Gasteiger partial charge in [0.25, 0.3) is 0 Å². The van der Waals surface area contributed by atoms with E-state index in [1.54, 1.807) is 12.4 Å². The molecule has 0 radical (unpaired) electrons. The lowest BCUT2D eigenvalue weighted by molar-refractivity contribution is -0.0790. The second kappa shape index (κ2) is 7.74. The van der Waals surface area contributed by atoms with Gasteiger partial charge in [-0.05, 0) is 67.9 Å². The van der Waals surface area contributed by atoms with Crippen LogP contribution in [0.25, 0.3) is 6.08 Å². The van der Waals surface area contributed by atoms with Gasteiger partial charge in [0.05, 0.1) is 0 Å². The molecule has 1 aliphatic carbocycles. The normalized spacial score (nSPS) is 21.0. The Bertz CT molecular complexity index is 796. The average molecular weight is 382 g/mol. The fourth-order valence-electron chi connectivity index (χ4n) is 3.47. The molecule has 1 aromatic carbocycles. The Morgan fingerprint density at radius 2 is 1.44 bits per heavy atom. The van der Waals surface area contributed by atoms with Crippen LogP contribution in [0.5, 0.6) is 0 Å². The second-order valence-corrected chi connectivity index (χ2v) is 6.94. The summed E-state index contributed by atoms with van der Waals surface area (Å²) in [5.74, 6) is -0.991. The molecule has 1 aromatic heterocycles. The zero-order valence-electron chi connectivity index (χ0n) is 14.7. The van der Waals surface area contributed by atoms with Gasteiger partial charge in [-0.25, -0.2) is 18.7 Å². The van der Waals surface area contributed by atoms with Crippen LogP contribution in [-0.2, 0) is 0 Å². The Morgan fingerprint density at radius 3 is 1.96 bits per heavy atom. The standard InChI is InChI=1S/C20H19F5N2/c1-12-10-26-19(27-11-12)14-4-2-13(3-5-14)15-8-17(21)16(18(22)9-15)6-7-20(23,24)25/h6-11,13-14H,2-5H2,1H3/b7-6+. The predicted octanol–water partition coefficient (Wildman–Crippen LogP) is 6.08. The molecule has 27 heavy (non-hydrogen) atoms. The van der Waals surface area contributed by atoms with Gasteiger partial charge in [0.1, 0.15) is 17.5 Å². The van der Waals surface area contributed by atoms with Gasteiger partial charge in [0, 0.05) is 30.0 Å². The highest BCUT2D eigenvalue weighted by Crippen LogP contribution is 2.40. The van der Waals surface area contributed by atoms with Crippen LogP contribution in [0.2, 0.25) is 0 Å². The number of nitrogens with zero attached hydrogens (tertiary/aromatic N) is 2. The third-order valence-electron chi connectivity index (χ3n) is 4.91. The first kappa shape index (κ1) is 19.5. The van der Waals surface area contributed by atoms with Crippen LogP contribution in [0.4, 0.5) is 22.0 Å². The van der Waals surface area contributed by atoms with Crippen molar-refractivity contribution >= 4 is 6.08 Å². The van der Waals surface area contributed by atoms with Gasteiger partial charge < -0.3 is 0 Å². The number of rotatable bonds is 3. The summed E-state index contributed by atoms with van der Waals surface area (Å²) in [6, 6.07) is 2.29. The summed E-state index contributed by atoms with van der Waals surface area (Å²) in [5, 5.41) is 0. The number of allylic oxidation sites excluding steroid dienone is 1. The zero-order valence-corrected chi connectivity index (χ0v) is 14.7. The first-order valence-corrected chi connectivity index (χ1v) is 8.76. The van der Waals surface area contributed by atoms with Gasteiger partial charge in [-0.1, -0.05) is 0 Å². The maximum Gasteiger partial charge on any atom is 0.409 e. The van der Waals surface area contributed by atoms with Gasteiger partial charge >= 0.3 is 6.18 Å². The smallest absolute Gasteiger partial charge is 0.241 e. The summed E-state index contributed by atoms with van der Waals surface area (Å²) in [4.78, 5) is 8.70. The molecule has 2 aromatic rings. The number of alkyl halides is 3. The van der Waals surface area contributed by atoms with Crippen molar-refractivity contribution in [2.45, 2.75) is 50.6 Å². The third-order valence-corrected chi connectivity index (χ3v) is 4.91. The maximum absolute atomic E-state index is 14.1. The molecule has 0 spiro atoms. The lowest BCUT2D eigenvalue weighted by Gasteiger charge is -2.28. The summed E-state index contributed by atoms with van der Waals surface area (Å²) < 4.78 is 65.0. The molecular weight excluding hydrogens is 363 g/mol. The van der Waals surface area contributed by atoms with E-state index in [1.165, 1.54) is 0 Å². The van der Waals surface area contributed by atoms with Crippen LogP contribution in [0.15, 0.2) is 30.6 Å². The number of hydrogen-bond donors (Lipinski definition) is 0. The average Bonchev–Trinajstić information content (AvgIpc) is 2.61. The lowest BCUT2D eigenvalue weighted by Crippen LogP contribution is -2.15. The summed E-state index contributed by atoms with van der Waals surface area (Å²) in [6.45, 7) is 1.91. The van der Waals surface area contributed by atoms with E-state index in [1.807, 2.05) is 6.92 Å². The molecule has 0 amide bonds. The number of halogens is 5. The van der Waals surface area contributed by atoms with Gasteiger partial charge in [0.15, 0.2) is 0 Å². The Hall–Kier alpha value is -2.31. The Balaban J connectivity index is 1.71. The Labute approximate surface area is 154 Å². The summed E-state index contributed by atoms with van der Waals surface area (Å²) >= 11 is 0. The molecule has 1 fully saturated rings. The first-order valence-electron chi connectivity index (χ1n) is 8.76. The maximum atomic E-state index is 14.1. The van der Waals surface area contributed by atoms with Gasteiger partial charge in [-0.3, -0.25) is 0 Å². The van der Waals surface area contributed by atoms with Crippen molar-refractivity contribution in [3.63, 3.8) is 0 Å². The number of aryl methyl sites for hydroxylation is 1. The van der Waals surface area contributed by atoms with Crippen LogP contribution >= 0.6 is 0 Å². The van der Waals surface area contributed by atoms with Crippen LogP contribution < -0.4 is 0 Å². The molecule has 0 unspecified atom stereocenters. The van der Waals surface area contributed by atoms with Gasteiger partial charge in [-0.2, -0.15) is 13.2 Å². The van der Waals surface area contributed by atoms with Crippen molar-refractivity contribution in [3.05, 3.63) is 64.8 Å². The van der Waals surface area contributed by atoms with E-state index in [-0.39, 0.29) is 17.9 Å². The third kappa shape index (κ3) is 4.90. The molecule has 1 heterocycles. The largest absolute Gasteiger partial charge is 0.409 e.